The Labute approximate surface area is 98.7 Å². The first-order valence-electron chi connectivity index (χ1n) is 4.77. The molecule has 0 saturated heterocycles. The van der Waals surface area contributed by atoms with Crippen LogP contribution in [0.4, 0.5) is 4.39 Å². The lowest BCUT2D eigenvalue weighted by atomic mass is 10.2. The van der Waals surface area contributed by atoms with Gasteiger partial charge in [-0.25, -0.2) is 4.39 Å². The van der Waals surface area contributed by atoms with E-state index in [9.17, 15) is 4.39 Å². The topological polar surface area (TPSA) is 0 Å². The normalized spacial score (nSPS) is 9.38. The molecule has 2 heteroatoms. The molecular formula is C14H8ClF. The summed E-state index contributed by atoms with van der Waals surface area (Å²) in [6, 6.07) is 13.4. The molecule has 0 aliphatic heterocycles. The summed E-state index contributed by atoms with van der Waals surface area (Å²) < 4.78 is 12.9. The van der Waals surface area contributed by atoms with Crippen molar-refractivity contribution in [2.24, 2.45) is 0 Å². The Morgan fingerprint density at radius 2 is 1.56 bits per heavy atom. The van der Waals surface area contributed by atoms with E-state index >= 15 is 0 Å². The number of hydrogen-bond acceptors (Lipinski definition) is 0. The Bertz CT molecular complexity index is 547. The van der Waals surface area contributed by atoms with Gasteiger partial charge in [-0.05, 0) is 42.5 Å². The van der Waals surface area contributed by atoms with Crippen LogP contribution in [0.3, 0.4) is 0 Å². The summed E-state index contributed by atoms with van der Waals surface area (Å²) >= 11 is 5.75. The fourth-order valence-electron chi connectivity index (χ4n) is 1.24. The highest BCUT2D eigenvalue weighted by atomic mass is 35.5. The quantitative estimate of drug-likeness (QED) is 0.603. The van der Waals surface area contributed by atoms with E-state index in [0.29, 0.717) is 10.6 Å². The molecule has 0 heterocycles. The number of halogens is 2. The first kappa shape index (κ1) is 10.7. The molecule has 0 saturated carbocycles. The van der Waals surface area contributed by atoms with Crippen LogP contribution in [0.1, 0.15) is 11.1 Å². The third kappa shape index (κ3) is 2.85. The standard InChI is InChI=1S/C14H8ClF/c15-13-8-6-11(7-9-13)4-5-12-2-1-3-14(16)10-12/h1-3,6-10H. The van der Waals surface area contributed by atoms with E-state index in [0.717, 1.165) is 5.56 Å². The van der Waals surface area contributed by atoms with Crippen LogP contribution in [0.2, 0.25) is 5.02 Å². The Kier molecular flexibility index (Phi) is 3.24. The highest BCUT2D eigenvalue weighted by Gasteiger charge is 1.90. The molecule has 0 fully saturated rings. The van der Waals surface area contributed by atoms with Gasteiger partial charge in [0.2, 0.25) is 0 Å². The van der Waals surface area contributed by atoms with Gasteiger partial charge in [-0.2, -0.15) is 0 Å². The van der Waals surface area contributed by atoms with Crippen LogP contribution >= 0.6 is 11.6 Å². The molecule has 2 rings (SSSR count). The molecular weight excluding hydrogens is 223 g/mol. The van der Waals surface area contributed by atoms with Crippen molar-refractivity contribution in [1.82, 2.24) is 0 Å². The summed E-state index contributed by atoms with van der Waals surface area (Å²) in [6.07, 6.45) is 0. The van der Waals surface area contributed by atoms with Gasteiger partial charge in [0.1, 0.15) is 5.82 Å². The molecule has 0 aliphatic carbocycles. The van der Waals surface area contributed by atoms with E-state index in [1.54, 1.807) is 24.3 Å². The van der Waals surface area contributed by atoms with Crippen molar-refractivity contribution in [2.75, 3.05) is 0 Å². The van der Waals surface area contributed by atoms with E-state index in [2.05, 4.69) is 11.8 Å². The van der Waals surface area contributed by atoms with Gasteiger partial charge in [-0.15, -0.1) is 0 Å². The molecule has 0 nitrogen and oxygen atoms in total. The maximum Gasteiger partial charge on any atom is 0.124 e. The predicted molar refractivity (Wildman–Crippen MR) is 63.8 cm³/mol. The number of benzene rings is 2. The highest BCUT2D eigenvalue weighted by molar-refractivity contribution is 6.30. The minimum absolute atomic E-state index is 0.275. The third-order valence-corrected chi connectivity index (χ3v) is 2.27. The molecule has 0 spiro atoms. The van der Waals surface area contributed by atoms with E-state index < -0.39 is 0 Å². The Hall–Kier alpha value is -1.78. The summed E-state index contributed by atoms with van der Waals surface area (Å²) in [7, 11) is 0. The number of rotatable bonds is 0. The van der Waals surface area contributed by atoms with Crippen LogP contribution in [0.15, 0.2) is 48.5 Å². The van der Waals surface area contributed by atoms with Crippen LogP contribution in [0, 0.1) is 17.7 Å². The summed E-state index contributed by atoms with van der Waals surface area (Å²) in [5.74, 6) is 5.55. The van der Waals surface area contributed by atoms with Crippen molar-refractivity contribution in [2.45, 2.75) is 0 Å². The zero-order valence-electron chi connectivity index (χ0n) is 8.37. The monoisotopic (exact) mass is 230 g/mol. The van der Waals surface area contributed by atoms with Crippen LogP contribution in [0.5, 0.6) is 0 Å². The first-order valence-corrected chi connectivity index (χ1v) is 5.15. The molecule has 2 aromatic carbocycles. The fraction of sp³-hybridized carbons (Fsp3) is 0. The summed E-state index contributed by atoms with van der Waals surface area (Å²) in [5, 5.41) is 0.677. The molecule has 16 heavy (non-hydrogen) atoms. The zero-order chi connectivity index (χ0) is 11.4. The van der Waals surface area contributed by atoms with Gasteiger partial charge in [0.05, 0.1) is 0 Å². The second-order valence-corrected chi connectivity index (χ2v) is 3.70. The zero-order valence-corrected chi connectivity index (χ0v) is 9.13. The van der Waals surface area contributed by atoms with Crippen LogP contribution in [-0.2, 0) is 0 Å². The Morgan fingerprint density at radius 3 is 2.25 bits per heavy atom. The smallest absolute Gasteiger partial charge is 0.124 e. The van der Waals surface area contributed by atoms with Crippen molar-refractivity contribution in [3.63, 3.8) is 0 Å². The lowest BCUT2D eigenvalue weighted by Crippen LogP contribution is -1.78. The van der Waals surface area contributed by atoms with Crippen LogP contribution in [-0.4, -0.2) is 0 Å². The van der Waals surface area contributed by atoms with Gasteiger partial charge >= 0.3 is 0 Å². The Balaban J connectivity index is 2.25. The minimum Gasteiger partial charge on any atom is -0.207 e. The van der Waals surface area contributed by atoms with E-state index in [4.69, 9.17) is 11.6 Å². The first-order chi connectivity index (χ1) is 7.74. The maximum absolute atomic E-state index is 12.9. The van der Waals surface area contributed by atoms with Crippen molar-refractivity contribution in [3.05, 3.63) is 70.5 Å². The van der Waals surface area contributed by atoms with Crippen molar-refractivity contribution in [1.29, 1.82) is 0 Å². The lowest BCUT2D eigenvalue weighted by Gasteiger charge is -1.91. The van der Waals surface area contributed by atoms with E-state index in [1.165, 1.54) is 12.1 Å². The molecule has 0 unspecified atom stereocenters. The fourth-order valence-corrected chi connectivity index (χ4v) is 1.37. The van der Waals surface area contributed by atoms with Gasteiger partial charge in [0.25, 0.3) is 0 Å². The predicted octanol–water partition coefficient (Wildman–Crippen LogP) is 3.88. The van der Waals surface area contributed by atoms with Gasteiger partial charge in [-0.3, -0.25) is 0 Å². The van der Waals surface area contributed by atoms with Gasteiger partial charge in [-0.1, -0.05) is 29.5 Å². The number of hydrogen-bond donors (Lipinski definition) is 0. The minimum atomic E-state index is -0.275. The molecule has 0 bridgehead atoms. The van der Waals surface area contributed by atoms with Crippen molar-refractivity contribution < 1.29 is 4.39 Å². The van der Waals surface area contributed by atoms with Crippen molar-refractivity contribution in [3.8, 4) is 11.8 Å². The average molecular weight is 231 g/mol. The van der Waals surface area contributed by atoms with Gasteiger partial charge < -0.3 is 0 Å². The van der Waals surface area contributed by atoms with Crippen LogP contribution in [0.25, 0.3) is 0 Å². The maximum atomic E-state index is 12.9. The van der Waals surface area contributed by atoms with Crippen LogP contribution < -0.4 is 0 Å². The molecule has 0 amide bonds. The SMILES string of the molecule is Fc1cccc(C#Cc2ccc(Cl)cc2)c1. The molecule has 0 radical (unpaired) electrons. The molecule has 2 aromatic rings. The second-order valence-electron chi connectivity index (χ2n) is 3.27. The third-order valence-electron chi connectivity index (χ3n) is 2.02. The summed E-state index contributed by atoms with van der Waals surface area (Å²) in [4.78, 5) is 0. The largest absolute Gasteiger partial charge is 0.207 e. The molecule has 0 N–H and O–H groups in total. The molecule has 0 atom stereocenters. The second kappa shape index (κ2) is 4.83. The summed E-state index contributed by atoms with van der Waals surface area (Å²) in [5.41, 5.74) is 1.52. The Morgan fingerprint density at radius 1 is 0.875 bits per heavy atom. The summed E-state index contributed by atoms with van der Waals surface area (Å²) in [6.45, 7) is 0. The molecule has 0 aliphatic rings. The van der Waals surface area contributed by atoms with E-state index in [1.807, 2.05) is 12.1 Å². The molecule has 0 aromatic heterocycles. The molecule has 78 valence electrons. The average Bonchev–Trinajstić information content (AvgIpc) is 2.28. The van der Waals surface area contributed by atoms with Crippen molar-refractivity contribution >= 4 is 11.6 Å². The lowest BCUT2D eigenvalue weighted by molar-refractivity contribution is 0.627. The van der Waals surface area contributed by atoms with Gasteiger partial charge in [0.15, 0.2) is 0 Å². The highest BCUT2D eigenvalue weighted by Crippen LogP contribution is 2.08. The van der Waals surface area contributed by atoms with Gasteiger partial charge in [0, 0.05) is 16.1 Å². The van der Waals surface area contributed by atoms with E-state index in [-0.39, 0.29) is 5.82 Å².